The highest BCUT2D eigenvalue weighted by Gasteiger charge is 2.17. The molecule has 1 aliphatic carbocycles. The molecule has 0 aliphatic heterocycles. The first-order valence-electron chi connectivity index (χ1n) is 6.51. The molecule has 0 saturated carbocycles. The number of benzene rings is 1. The molecule has 0 bridgehead atoms. The predicted molar refractivity (Wildman–Crippen MR) is 72.7 cm³/mol. The maximum Gasteiger partial charge on any atom is 0.0765 e. The lowest BCUT2D eigenvalue weighted by atomic mass is 9.91. The Bertz CT molecular complexity index is 392. The van der Waals surface area contributed by atoms with Gasteiger partial charge in [0.05, 0.1) is 5.60 Å². The number of hydrogen-bond donors (Lipinski definition) is 1. The lowest BCUT2D eigenvalue weighted by Crippen LogP contribution is -2.36. The fourth-order valence-electron chi connectivity index (χ4n) is 2.63. The number of rotatable bonds is 3. The van der Waals surface area contributed by atoms with Gasteiger partial charge in [-0.15, -0.1) is 0 Å². The van der Waals surface area contributed by atoms with Gasteiger partial charge in [0.1, 0.15) is 0 Å². The summed E-state index contributed by atoms with van der Waals surface area (Å²) in [5, 5.41) is 9.85. The standard InChI is InChI=1S/C15H23NO/c1-15(2,17)11-16(3)14-9-8-12-6-4-5-7-13(12)10-14/h8-10,17H,4-7,11H2,1-3H3. The van der Waals surface area contributed by atoms with Crippen molar-refractivity contribution >= 4 is 5.69 Å². The summed E-state index contributed by atoms with van der Waals surface area (Å²) in [5.74, 6) is 0. The van der Waals surface area contributed by atoms with Crippen molar-refractivity contribution in [3.8, 4) is 0 Å². The van der Waals surface area contributed by atoms with E-state index in [0.29, 0.717) is 6.54 Å². The van der Waals surface area contributed by atoms with Crippen molar-refractivity contribution in [2.45, 2.75) is 45.1 Å². The first kappa shape index (κ1) is 12.4. The summed E-state index contributed by atoms with van der Waals surface area (Å²) >= 11 is 0. The second kappa shape index (κ2) is 4.69. The zero-order valence-corrected chi connectivity index (χ0v) is 11.2. The molecule has 0 saturated heterocycles. The van der Waals surface area contributed by atoms with E-state index < -0.39 is 5.60 Å². The molecule has 0 unspecified atom stereocenters. The van der Waals surface area contributed by atoms with Gasteiger partial charge in [0.25, 0.3) is 0 Å². The van der Waals surface area contributed by atoms with E-state index in [0.717, 1.165) is 0 Å². The lowest BCUT2D eigenvalue weighted by molar-refractivity contribution is 0.0886. The zero-order chi connectivity index (χ0) is 12.5. The van der Waals surface area contributed by atoms with E-state index in [4.69, 9.17) is 0 Å². The van der Waals surface area contributed by atoms with Crippen LogP contribution < -0.4 is 4.90 Å². The molecular weight excluding hydrogens is 210 g/mol. The highest BCUT2D eigenvalue weighted by Crippen LogP contribution is 2.26. The van der Waals surface area contributed by atoms with Crippen molar-refractivity contribution in [2.24, 2.45) is 0 Å². The van der Waals surface area contributed by atoms with E-state index in [1.54, 1.807) is 0 Å². The third-order valence-electron chi connectivity index (χ3n) is 3.40. The van der Waals surface area contributed by atoms with Gasteiger partial charge in [0.15, 0.2) is 0 Å². The van der Waals surface area contributed by atoms with E-state index in [1.807, 2.05) is 20.9 Å². The van der Waals surface area contributed by atoms with Gasteiger partial charge in [0.2, 0.25) is 0 Å². The smallest absolute Gasteiger partial charge is 0.0765 e. The van der Waals surface area contributed by atoms with Crippen LogP contribution in [-0.4, -0.2) is 24.3 Å². The van der Waals surface area contributed by atoms with Gasteiger partial charge < -0.3 is 10.0 Å². The van der Waals surface area contributed by atoms with Gasteiger partial charge in [-0.05, 0) is 62.8 Å². The number of hydrogen-bond acceptors (Lipinski definition) is 2. The monoisotopic (exact) mass is 233 g/mol. The molecule has 1 N–H and O–H groups in total. The van der Waals surface area contributed by atoms with Crippen molar-refractivity contribution in [2.75, 3.05) is 18.5 Å². The van der Waals surface area contributed by atoms with Crippen molar-refractivity contribution in [3.63, 3.8) is 0 Å². The van der Waals surface area contributed by atoms with Crippen LogP contribution in [0.15, 0.2) is 18.2 Å². The Hall–Kier alpha value is -1.02. The number of fused-ring (bicyclic) bond motifs is 1. The molecule has 0 fully saturated rings. The van der Waals surface area contributed by atoms with E-state index in [-0.39, 0.29) is 0 Å². The lowest BCUT2D eigenvalue weighted by Gasteiger charge is -2.28. The molecule has 2 rings (SSSR count). The Morgan fingerprint density at radius 3 is 2.47 bits per heavy atom. The molecule has 0 spiro atoms. The molecule has 2 nitrogen and oxygen atoms in total. The Labute approximate surface area is 104 Å². The third kappa shape index (κ3) is 3.22. The number of nitrogens with zero attached hydrogens (tertiary/aromatic N) is 1. The zero-order valence-electron chi connectivity index (χ0n) is 11.2. The highest BCUT2D eigenvalue weighted by molar-refractivity contribution is 5.51. The van der Waals surface area contributed by atoms with Crippen molar-refractivity contribution in [1.82, 2.24) is 0 Å². The first-order valence-corrected chi connectivity index (χ1v) is 6.51. The molecule has 94 valence electrons. The van der Waals surface area contributed by atoms with Crippen molar-refractivity contribution < 1.29 is 5.11 Å². The molecule has 1 aromatic rings. The number of aliphatic hydroxyl groups is 1. The largest absolute Gasteiger partial charge is 0.389 e. The van der Waals surface area contributed by atoms with Crippen LogP contribution in [0.1, 0.15) is 37.8 Å². The van der Waals surface area contributed by atoms with Crippen molar-refractivity contribution in [3.05, 3.63) is 29.3 Å². The summed E-state index contributed by atoms with van der Waals surface area (Å²) in [6.07, 6.45) is 5.07. The average molecular weight is 233 g/mol. The Morgan fingerprint density at radius 1 is 1.18 bits per heavy atom. The van der Waals surface area contributed by atoms with Crippen LogP contribution in [0, 0.1) is 0 Å². The summed E-state index contributed by atoms with van der Waals surface area (Å²) in [4.78, 5) is 2.13. The molecule has 17 heavy (non-hydrogen) atoms. The van der Waals surface area contributed by atoms with Gasteiger partial charge >= 0.3 is 0 Å². The topological polar surface area (TPSA) is 23.5 Å². The number of likely N-dealkylation sites (N-methyl/N-ethyl adjacent to an activating group) is 1. The van der Waals surface area contributed by atoms with E-state index in [9.17, 15) is 5.11 Å². The normalized spacial score (nSPS) is 15.5. The molecule has 0 heterocycles. The van der Waals surface area contributed by atoms with Gasteiger partial charge in [-0.2, -0.15) is 0 Å². The second-order valence-electron chi connectivity index (χ2n) is 5.83. The molecular formula is C15H23NO. The second-order valence-corrected chi connectivity index (χ2v) is 5.83. The maximum absolute atomic E-state index is 9.85. The average Bonchev–Trinajstić information content (AvgIpc) is 2.26. The molecule has 1 aromatic carbocycles. The summed E-state index contributed by atoms with van der Waals surface area (Å²) < 4.78 is 0. The van der Waals surface area contributed by atoms with Crippen LogP contribution >= 0.6 is 0 Å². The molecule has 0 amide bonds. The van der Waals surface area contributed by atoms with Gasteiger partial charge in [-0.25, -0.2) is 0 Å². The van der Waals surface area contributed by atoms with Crippen LogP contribution in [-0.2, 0) is 12.8 Å². The molecule has 1 aliphatic rings. The van der Waals surface area contributed by atoms with Crippen LogP contribution in [0.4, 0.5) is 5.69 Å². The molecule has 0 radical (unpaired) electrons. The maximum atomic E-state index is 9.85. The fourth-order valence-corrected chi connectivity index (χ4v) is 2.63. The number of anilines is 1. The minimum atomic E-state index is -0.648. The Balaban J connectivity index is 2.16. The van der Waals surface area contributed by atoms with Crippen LogP contribution in [0.2, 0.25) is 0 Å². The molecule has 2 heteroatoms. The number of aryl methyl sites for hydroxylation is 2. The SMILES string of the molecule is CN(CC(C)(C)O)c1ccc2c(c1)CCCC2. The minimum Gasteiger partial charge on any atom is -0.389 e. The van der Waals surface area contributed by atoms with Crippen LogP contribution in [0.3, 0.4) is 0 Å². The van der Waals surface area contributed by atoms with Gasteiger partial charge in [-0.1, -0.05) is 6.07 Å². The Kier molecular flexibility index (Phi) is 3.43. The molecule has 0 aromatic heterocycles. The first-order chi connectivity index (χ1) is 7.96. The van der Waals surface area contributed by atoms with E-state index in [2.05, 4.69) is 23.1 Å². The van der Waals surface area contributed by atoms with Crippen molar-refractivity contribution in [1.29, 1.82) is 0 Å². The van der Waals surface area contributed by atoms with E-state index in [1.165, 1.54) is 42.5 Å². The predicted octanol–water partition coefficient (Wildman–Crippen LogP) is 2.77. The van der Waals surface area contributed by atoms with Crippen LogP contribution in [0.25, 0.3) is 0 Å². The van der Waals surface area contributed by atoms with E-state index >= 15 is 0 Å². The van der Waals surface area contributed by atoms with Crippen LogP contribution in [0.5, 0.6) is 0 Å². The Morgan fingerprint density at radius 2 is 1.82 bits per heavy atom. The summed E-state index contributed by atoms with van der Waals surface area (Å²) in [5.41, 5.74) is 3.57. The molecule has 0 atom stereocenters. The van der Waals surface area contributed by atoms with Gasteiger partial charge in [-0.3, -0.25) is 0 Å². The van der Waals surface area contributed by atoms with Gasteiger partial charge in [0, 0.05) is 19.3 Å². The third-order valence-corrected chi connectivity index (χ3v) is 3.40. The summed E-state index contributed by atoms with van der Waals surface area (Å²) in [6, 6.07) is 6.72. The quantitative estimate of drug-likeness (QED) is 0.867. The summed E-state index contributed by atoms with van der Waals surface area (Å²) in [7, 11) is 2.04. The highest BCUT2D eigenvalue weighted by atomic mass is 16.3. The summed E-state index contributed by atoms with van der Waals surface area (Å²) in [6.45, 7) is 4.36. The minimum absolute atomic E-state index is 0.648. The fraction of sp³-hybridized carbons (Fsp3) is 0.600.